The van der Waals surface area contributed by atoms with Crippen LogP contribution in [0.3, 0.4) is 0 Å². The summed E-state index contributed by atoms with van der Waals surface area (Å²) in [6, 6.07) is 23.4. The van der Waals surface area contributed by atoms with Crippen molar-refractivity contribution < 1.29 is 30.8 Å². The molecule has 5 N–H and O–H groups in total. The second kappa shape index (κ2) is 25.9. The maximum atomic E-state index is 14.7. The second-order valence-corrected chi connectivity index (χ2v) is 30.1. The van der Waals surface area contributed by atoms with Crippen molar-refractivity contribution in [3.63, 3.8) is 0 Å². The van der Waals surface area contributed by atoms with Crippen LogP contribution in [-0.4, -0.2) is 84.7 Å². The lowest BCUT2D eigenvalue weighted by Crippen LogP contribution is -2.39. The molecule has 456 valence electrons. The smallest absolute Gasteiger partial charge is 0.281 e. The molecule has 3 aliphatic rings. The minimum absolute atomic E-state index is 0.0372. The molecule has 21 heteroatoms. The number of aromatic nitrogens is 6. The van der Waals surface area contributed by atoms with E-state index in [2.05, 4.69) is 115 Å². The molecule has 0 aliphatic carbocycles. The number of piperidine rings is 2. The molecule has 2 saturated heterocycles. The summed E-state index contributed by atoms with van der Waals surface area (Å²) in [6.07, 6.45) is 11.5. The van der Waals surface area contributed by atoms with Crippen molar-refractivity contribution in [2.45, 2.75) is 178 Å². The predicted octanol–water partition coefficient (Wildman–Crippen LogP) is 11.4. The number of hydrogen-bond donors (Lipinski definition) is 5. The van der Waals surface area contributed by atoms with Gasteiger partial charge in [0.05, 0.1) is 34.6 Å². The third-order valence-corrected chi connectivity index (χ3v) is 18.3. The zero-order valence-corrected chi connectivity index (χ0v) is 52.9. The quantitative estimate of drug-likeness (QED) is 0.0801. The lowest BCUT2D eigenvalue weighted by atomic mass is 9.86. The Hall–Kier alpha value is -6.97. The number of fused-ring (bicyclic) bond motifs is 6. The van der Waals surface area contributed by atoms with Crippen LogP contribution >= 0.6 is 0 Å². The number of rotatable bonds is 10. The molecule has 6 aromatic heterocycles. The number of amides is 2. The van der Waals surface area contributed by atoms with E-state index in [1.165, 1.54) is 29.8 Å². The molecule has 0 aromatic carbocycles. The van der Waals surface area contributed by atoms with E-state index < -0.39 is 48.8 Å². The van der Waals surface area contributed by atoms with E-state index in [0.29, 0.717) is 35.0 Å². The van der Waals surface area contributed by atoms with E-state index >= 15 is 0 Å². The van der Waals surface area contributed by atoms with E-state index in [0.717, 1.165) is 100 Å². The highest BCUT2D eigenvalue weighted by Crippen LogP contribution is 2.35. The van der Waals surface area contributed by atoms with E-state index in [9.17, 15) is 30.8 Å². The summed E-state index contributed by atoms with van der Waals surface area (Å²) in [5, 5.41) is 9.71. The number of carbonyl (C=O) groups is 2. The fourth-order valence-electron chi connectivity index (χ4n) is 10.6. The molecule has 6 aromatic rings. The number of hydrogen-bond acceptors (Lipinski definition) is 16. The van der Waals surface area contributed by atoms with E-state index in [1.54, 1.807) is 30.3 Å². The molecule has 85 heavy (non-hydrogen) atoms. The number of anilines is 3. The molecular formula is C64H85FN12O6S2. The van der Waals surface area contributed by atoms with Gasteiger partial charge in [-0.3, -0.25) is 19.6 Å². The SMILES string of the molecule is CC(C)(C)c1ccc(C(CC[C@H]2CCCNC2)Nc2cccc(S(=O)(=O)NC(=O)c3ccc(C(C)(C)C)nc3F)n2)nc1.CC(C)(C)c1ccnc(C2CC[C@H]3CCCN(C3)c3nc(C(C)(C)C)ccc3C(=O)NS(=O)(=O)c3cccc(n3)N2)c1. The Balaban J connectivity index is 0.000000221. The Morgan fingerprint density at radius 3 is 2.15 bits per heavy atom. The highest BCUT2D eigenvalue weighted by molar-refractivity contribution is 7.90. The van der Waals surface area contributed by atoms with E-state index in [4.69, 9.17) is 15.0 Å². The van der Waals surface area contributed by atoms with Gasteiger partial charge in [0.25, 0.3) is 31.9 Å². The number of sulfonamides is 2. The molecule has 9 heterocycles. The summed E-state index contributed by atoms with van der Waals surface area (Å²) in [7, 11) is -8.66. The Bertz CT molecular complexity index is 3570. The van der Waals surface area contributed by atoms with E-state index in [1.807, 2.05) is 56.1 Å². The normalized spacial score (nSPS) is 19.0. The summed E-state index contributed by atoms with van der Waals surface area (Å²) < 4.78 is 71.9. The van der Waals surface area contributed by atoms with Gasteiger partial charge in [0.2, 0.25) is 5.95 Å². The minimum Gasteiger partial charge on any atom is -0.362 e. The topological polar surface area (TPSA) is 243 Å². The first-order chi connectivity index (χ1) is 39.8. The van der Waals surface area contributed by atoms with E-state index in [-0.39, 0.29) is 43.9 Å². The molecule has 2 unspecified atom stereocenters. The first kappa shape index (κ1) is 64.0. The van der Waals surface area contributed by atoms with Gasteiger partial charge in [-0.15, -0.1) is 0 Å². The molecular weight excluding hydrogens is 1120 g/mol. The Morgan fingerprint density at radius 1 is 0.765 bits per heavy atom. The zero-order valence-electron chi connectivity index (χ0n) is 51.3. The van der Waals surface area contributed by atoms with Crippen LogP contribution in [0.5, 0.6) is 0 Å². The lowest BCUT2D eigenvalue weighted by Gasteiger charge is -2.36. The van der Waals surface area contributed by atoms with Crippen molar-refractivity contribution in [3.05, 3.63) is 148 Å². The maximum absolute atomic E-state index is 14.7. The number of carbonyl (C=O) groups excluding carboxylic acids is 2. The fourth-order valence-corrected chi connectivity index (χ4v) is 12.5. The third-order valence-electron chi connectivity index (χ3n) is 15.8. The van der Waals surface area contributed by atoms with Crippen LogP contribution in [0, 0.1) is 17.8 Å². The van der Waals surface area contributed by atoms with Crippen molar-refractivity contribution in [2.24, 2.45) is 11.8 Å². The molecule has 4 bridgehead atoms. The van der Waals surface area contributed by atoms with Crippen molar-refractivity contribution >= 4 is 49.3 Å². The van der Waals surface area contributed by atoms with Crippen LogP contribution in [0.1, 0.15) is 201 Å². The highest BCUT2D eigenvalue weighted by Gasteiger charge is 2.32. The maximum Gasteiger partial charge on any atom is 0.281 e. The molecule has 0 radical (unpaired) electrons. The first-order valence-electron chi connectivity index (χ1n) is 29.5. The van der Waals surface area contributed by atoms with Gasteiger partial charge in [-0.2, -0.15) is 21.2 Å². The minimum atomic E-state index is -4.41. The molecule has 3 aliphatic heterocycles. The van der Waals surface area contributed by atoms with Gasteiger partial charge in [-0.1, -0.05) is 101 Å². The molecule has 9 rings (SSSR count). The van der Waals surface area contributed by atoms with Gasteiger partial charge in [-0.05, 0) is 165 Å². The van der Waals surface area contributed by atoms with Crippen LogP contribution in [0.25, 0.3) is 0 Å². The molecule has 0 spiro atoms. The second-order valence-electron chi connectivity index (χ2n) is 26.9. The van der Waals surface area contributed by atoms with Gasteiger partial charge >= 0.3 is 0 Å². The van der Waals surface area contributed by atoms with Crippen molar-refractivity contribution in [1.29, 1.82) is 0 Å². The summed E-state index contributed by atoms with van der Waals surface area (Å²) in [6.45, 7) is 28.2. The van der Waals surface area contributed by atoms with Crippen LogP contribution in [-0.2, 0) is 41.7 Å². The van der Waals surface area contributed by atoms with Crippen LogP contribution in [0.4, 0.5) is 21.8 Å². The number of nitrogens with zero attached hydrogens (tertiary/aromatic N) is 7. The predicted molar refractivity (Wildman–Crippen MR) is 331 cm³/mol. The van der Waals surface area contributed by atoms with Gasteiger partial charge < -0.3 is 20.9 Å². The number of halogens is 1. The summed E-state index contributed by atoms with van der Waals surface area (Å²) in [4.78, 5) is 55.5. The average Bonchev–Trinajstić information content (AvgIpc) is 2.63. The molecule has 4 atom stereocenters. The van der Waals surface area contributed by atoms with Gasteiger partial charge in [0.1, 0.15) is 17.5 Å². The van der Waals surface area contributed by atoms with Crippen LogP contribution < -0.4 is 30.3 Å². The Morgan fingerprint density at radius 2 is 1.48 bits per heavy atom. The summed E-state index contributed by atoms with van der Waals surface area (Å²) in [5.74, 6) is -0.673. The monoisotopic (exact) mass is 1200 g/mol. The standard InChI is InChI=1S/C32H43FN6O3S.C32H42N6O3S/c1-31(2,3)22-13-16-24(35-20-22)25(15-12-21-9-8-18-34-19-21)36-27-10-7-11-28(38-27)43(41,42)39-30(40)23-14-17-26(32(4,5)6)37-29(23)33;1-31(2,3)22-16-17-33-25(19-22)24-14-12-21-9-8-18-38(20-21)29-23(13-15-26(35-29)32(4,5)6)30(39)37-42(40,41)28-11-7-10-27(34-24)36-28/h7,10-11,13-14,16-17,20-21,25,34H,8-9,12,15,18-19H2,1-6H3,(H,36,38)(H,39,40);7,10-11,13,15-17,19,21,24H,8-9,12,14,18,20H2,1-6H3,(H,34,36)(H,37,39)/t21-,25?;21-,24?/m11/s1. The van der Waals surface area contributed by atoms with Crippen LogP contribution in [0.15, 0.2) is 107 Å². The van der Waals surface area contributed by atoms with Gasteiger partial charge in [-0.25, -0.2) is 29.4 Å². The lowest BCUT2D eigenvalue weighted by molar-refractivity contribution is 0.0969. The Labute approximate surface area is 502 Å². The average molecular weight is 1200 g/mol. The zero-order chi connectivity index (χ0) is 61.7. The molecule has 2 fully saturated rings. The first-order valence-corrected chi connectivity index (χ1v) is 32.5. The fraction of sp³-hybridized carbons (Fsp3) is 0.500. The summed E-state index contributed by atoms with van der Waals surface area (Å²) >= 11 is 0. The van der Waals surface area contributed by atoms with Crippen molar-refractivity contribution in [3.8, 4) is 0 Å². The number of nitrogens with one attached hydrogen (secondary N) is 5. The van der Waals surface area contributed by atoms with Gasteiger partial charge in [0.15, 0.2) is 10.1 Å². The molecule has 0 saturated carbocycles. The molecule has 2 amide bonds. The van der Waals surface area contributed by atoms with Crippen molar-refractivity contribution in [2.75, 3.05) is 41.7 Å². The van der Waals surface area contributed by atoms with Gasteiger partial charge in [0, 0.05) is 47.7 Å². The highest BCUT2D eigenvalue weighted by atomic mass is 32.2. The Kier molecular flexibility index (Phi) is 19.5. The summed E-state index contributed by atoms with van der Waals surface area (Å²) in [5.41, 5.74) is 4.35. The largest absolute Gasteiger partial charge is 0.362 e. The van der Waals surface area contributed by atoms with Crippen molar-refractivity contribution in [1.82, 2.24) is 44.7 Å². The van der Waals surface area contributed by atoms with Crippen LogP contribution in [0.2, 0.25) is 0 Å². The molecule has 18 nitrogen and oxygen atoms in total. The number of pyridine rings is 6. The third kappa shape index (κ3) is 16.7.